The van der Waals surface area contributed by atoms with E-state index in [0.717, 1.165) is 35.4 Å². The summed E-state index contributed by atoms with van der Waals surface area (Å²) in [5, 5.41) is 17.3. The first-order valence-electron chi connectivity index (χ1n) is 9.74. The number of hydrogen-bond acceptors (Lipinski definition) is 8. The molecule has 1 unspecified atom stereocenters. The Balaban J connectivity index is 0.000000556. The number of benzene rings is 1. The maximum absolute atomic E-state index is 11.6. The SMILES string of the molecule is CN(CCOc1ccc(CC2SC(=O)NC2=O)cc1)c1ccccn1.O=C(O)C=CC(=O)O.[KH]. The van der Waals surface area contributed by atoms with Crippen molar-refractivity contribution in [3.05, 3.63) is 66.4 Å². The Morgan fingerprint density at radius 1 is 1.12 bits per heavy atom. The van der Waals surface area contributed by atoms with E-state index in [1.54, 1.807) is 6.20 Å². The van der Waals surface area contributed by atoms with Crippen molar-refractivity contribution < 1.29 is 34.1 Å². The van der Waals surface area contributed by atoms with Gasteiger partial charge in [-0.3, -0.25) is 14.9 Å². The molecule has 0 saturated carbocycles. The summed E-state index contributed by atoms with van der Waals surface area (Å²) in [7, 11) is 1.97. The van der Waals surface area contributed by atoms with Crippen LogP contribution in [-0.2, 0) is 20.8 Å². The minimum atomic E-state index is -1.26. The van der Waals surface area contributed by atoms with E-state index in [2.05, 4.69) is 10.3 Å². The fourth-order valence-electron chi connectivity index (χ4n) is 2.60. The molecule has 1 aliphatic rings. The van der Waals surface area contributed by atoms with E-state index < -0.39 is 11.9 Å². The number of anilines is 1. The number of aliphatic carboxylic acids is 2. The third-order valence-electron chi connectivity index (χ3n) is 4.22. The Morgan fingerprint density at radius 2 is 1.76 bits per heavy atom. The van der Waals surface area contributed by atoms with Gasteiger partial charge in [0.05, 0.1) is 11.8 Å². The van der Waals surface area contributed by atoms with E-state index in [-0.39, 0.29) is 67.8 Å². The second kappa shape index (κ2) is 15.6. The fraction of sp³-hybridized carbons (Fsp3) is 0.227. The summed E-state index contributed by atoms with van der Waals surface area (Å²) >= 11 is 1.05. The first-order chi connectivity index (χ1) is 15.7. The molecule has 1 aromatic heterocycles. The van der Waals surface area contributed by atoms with Crippen molar-refractivity contribution in [2.45, 2.75) is 11.7 Å². The average molecular weight is 514 g/mol. The first kappa shape index (κ1) is 29.8. The molecule has 1 atom stereocenters. The predicted octanol–water partition coefficient (Wildman–Crippen LogP) is 1.55. The number of nitrogens with zero attached hydrogens (tertiary/aromatic N) is 2. The number of rotatable bonds is 9. The van der Waals surface area contributed by atoms with Crippen LogP contribution in [-0.4, -0.2) is 115 Å². The van der Waals surface area contributed by atoms with Gasteiger partial charge >= 0.3 is 63.3 Å². The van der Waals surface area contributed by atoms with Gasteiger partial charge in [0.1, 0.15) is 18.2 Å². The van der Waals surface area contributed by atoms with E-state index in [9.17, 15) is 19.2 Å². The Kier molecular flexibility index (Phi) is 13.7. The standard InChI is InChI=1S/C18H19N3O3S.C4H4O4.K.H/c1-21(16-4-2-3-9-19-16)10-11-24-14-7-5-13(6-8-14)12-15-17(22)20-18(23)25-15;5-3(6)1-2-4(7)8;;/h2-9,15H,10-12H2,1H3,(H,20,22,23);1-2H,(H,5,6)(H,7,8);;. The van der Waals surface area contributed by atoms with E-state index in [0.29, 0.717) is 25.2 Å². The van der Waals surface area contributed by atoms with Gasteiger partial charge in [-0.15, -0.1) is 0 Å². The van der Waals surface area contributed by atoms with Crippen LogP contribution in [0, 0.1) is 0 Å². The van der Waals surface area contributed by atoms with Gasteiger partial charge in [0.15, 0.2) is 0 Å². The Bertz CT molecular complexity index is 987. The van der Waals surface area contributed by atoms with Crippen molar-refractivity contribution in [1.82, 2.24) is 10.3 Å². The van der Waals surface area contributed by atoms with Gasteiger partial charge in [0.2, 0.25) is 5.91 Å². The molecule has 12 heteroatoms. The third-order valence-corrected chi connectivity index (χ3v) is 5.20. The van der Waals surface area contributed by atoms with Gasteiger partial charge in [-0.1, -0.05) is 30.0 Å². The van der Waals surface area contributed by atoms with Gasteiger partial charge in [0.25, 0.3) is 5.24 Å². The zero-order chi connectivity index (χ0) is 24.2. The van der Waals surface area contributed by atoms with Crippen molar-refractivity contribution in [1.29, 1.82) is 0 Å². The van der Waals surface area contributed by atoms with E-state index in [1.165, 1.54) is 0 Å². The van der Waals surface area contributed by atoms with Crippen molar-refractivity contribution >= 4 is 92.0 Å². The Labute approximate surface area is 243 Å². The van der Waals surface area contributed by atoms with E-state index in [4.69, 9.17) is 14.9 Å². The van der Waals surface area contributed by atoms with Crippen LogP contribution >= 0.6 is 11.8 Å². The number of carboxylic acids is 2. The summed E-state index contributed by atoms with van der Waals surface area (Å²) in [6.45, 7) is 1.27. The first-order valence-corrected chi connectivity index (χ1v) is 10.6. The summed E-state index contributed by atoms with van der Waals surface area (Å²) in [5.74, 6) is -1.05. The summed E-state index contributed by atoms with van der Waals surface area (Å²) in [6.07, 6.45) is 3.41. The van der Waals surface area contributed by atoms with Gasteiger partial charge in [-0.25, -0.2) is 14.6 Å². The van der Waals surface area contributed by atoms with Crippen LogP contribution in [0.15, 0.2) is 60.8 Å². The normalized spacial score (nSPS) is 14.4. The van der Waals surface area contributed by atoms with Crippen LogP contribution < -0.4 is 15.0 Å². The van der Waals surface area contributed by atoms with Crippen LogP contribution in [0.3, 0.4) is 0 Å². The topological polar surface area (TPSA) is 146 Å². The second-order valence-corrected chi connectivity index (χ2v) is 7.87. The molecule has 0 aliphatic carbocycles. The molecule has 0 spiro atoms. The number of nitrogens with one attached hydrogen (secondary N) is 1. The van der Waals surface area contributed by atoms with Crippen molar-refractivity contribution in [2.75, 3.05) is 25.1 Å². The molecule has 3 rings (SSSR count). The molecular formula is C22H24KN3O7S. The second-order valence-electron chi connectivity index (χ2n) is 6.70. The molecule has 2 amide bonds. The van der Waals surface area contributed by atoms with Gasteiger partial charge in [0, 0.05) is 25.4 Å². The van der Waals surface area contributed by atoms with Crippen LogP contribution in [0.5, 0.6) is 5.75 Å². The number of carbonyl (C=O) groups is 4. The minimum absolute atomic E-state index is 0. The molecule has 2 aromatic rings. The molecule has 10 nitrogen and oxygen atoms in total. The molecule has 1 fully saturated rings. The summed E-state index contributed by atoms with van der Waals surface area (Å²) in [5.41, 5.74) is 1.00. The molecule has 3 N–H and O–H groups in total. The number of imide groups is 1. The van der Waals surface area contributed by atoms with Crippen LogP contribution in [0.2, 0.25) is 0 Å². The van der Waals surface area contributed by atoms with Crippen LogP contribution in [0.4, 0.5) is 10.6 Å². The molecule has 1 aromatic carbocycles. The molecule has 1 aliphatic heterocycles. The average Bonchev–Trinajstić information content (AvgIpc) is 3.11. The number of hydrogen-bond donors (Lipinski definition) is 3. The molecular weight excluding hydrogens is 489 g/mol. The maximum atomic E-state index is 11.6. The number of carbonyl (C=O) groups excluding carboxylic acids is 2. The molecule has 2 heterocycles. The van der Waals surface area contributed by atoms with E-state index in [1.807, 2.05) is 54.4 Å². The van der Waals surface area contributed by atoms with Crippen LogP contribution in [0.25, 0.3) is 0 Å². The molecule has 0 bridgehead atoms. The number of carboxylic acid groups (broad SMARTS) is 2. The van der Waals surface area contributed by atoms with Gasteiger partial charge in [-0.05, 0) is 36.2 Å². The number of ether oxygens (including phenoxy) is 1. The number of thioether (sulfide) groups is 1. The molecule has 1 saturated heterocycles. The van der Waals surface area contributed by atoms with Gasteiger partial charge < -0.3 is 19.8 Å². The van der Waals surface area contributed by atoms with Crippen molar-refractivity contribution in [3.63, 3.8) is 0 Å². The number of pyridine rings is 1. The van der Waals surface area contributed by atoms with Crippen LogP contribution in [0.1, 0.15) is 5.56 Å². The number of likely N-dealkylation sites (N-methyl/N-ethyl adjacent to an activating group) is 1. The quantitative estimate of drug-likeness (QED) is 0.333. The monoisotopic (exact) mass is 513 g/mol. The third kappa shape index (κ3) is 11.3. The molecule has 34 heavy (non-hydrogen) atoms. The summed E-state index contributed by atoms with van der Waals surface area (Å²) < 4.78 is 5.75. The van der Waals surface area contributed by atoms with Crippen molar-refractivity contribution in [2.24, 2.45) is 0 Å². The Morgan fingerprint density at radius 3 is 2.26 bits per heavy atom. The van der Waals surface area contributed by atoms with Gasteiger partial charge in [-0.2, -0.15) is 0 Å². The zero-order valence-electron chi connectivity index (χ0n) is 17.7. The Hall–Kier alpha value is -2.22. The number of aromatic nitrogens is 1. The predicted molar refractivity (Wildman–Crippen MR) is 130 cm³/mol. The number of amides is 2. The zero-order valence-corrected chi connectivity index (χ0v) is 18.5. The summed E-state index contributed by atoms with van der Waals surface area (Å²) in [6, 6.07) is 13.4. The van der Waals surface area contributed by atoms with E-state index >= 15 is 0 Å². The van der Waals surface area contributed by atoms with Crippen molar-refractivity contribution in [3.8, 4) is 5.75 Å². The molecule has 176 valence electrons. The molecule has 0 radical (unpaired) electrons. The summed E-state index contributed by atoms with van der Waals surface area (Å²) in [4.78, 5) is 48.2. The fourth-order valence-corrected chi connectivity index (χ4v) is 3.46.